The molecular weight excluding hydrogens is 262 g/mol. The van der Waals surface area contributed by atoms with Crippen molar-refractivity contribution in [3.63, 3.8) is 0 Å². The predicted molar refractivity (Wildman–Crippen MR) is 71.7 cm³/mol. The van der Waals surface area contributed by atoms with Gasteiger partial charge in [-0.3, -0.25) is 0 Å². The smallest absolute Gasteiger partial charge is 0.187 e. The number of aliphatic hydroxyl groups excluding tert-OH is 2. The number of nitrogens with zero attached hydrogens (tertiary/aromatic N) is 1. The number of unbranched alkanes of at least 4 members (excludes halogenated alkanes) is 3. The zero-order valence-electron chi connectivity index (χ0n) is 11.6. The van der Waals surface area contributed by atoms with Crippen LogP contribution in [0.15, 0.2) is 12.7 Å². The molecular formula is C14H23NO5. The van der Waals surface area contributed by atoms with E-state index in [-0.39, 0.29) is 13.2 Å². The molecule has 0 aromatic rings. The molecule has 1 saturated heterocycles. The lowest BCUT2D eigenvalue weighted by Crippen LogP contribution is -2.35. The van der Waals surface area contributed by atoms with Crippen molar-refractivity contribution in [1.82, 2.24) is 0 Å². The van der Waals surface area contributed by atoms with E-state index in [1.165, 1.54) is 0 Å². The molecule has 4 unspecified atom stereocenters. The van der Waals surface area contributed by atoms with Crippen LogP contribution in [0.3, 0.4) is 0 Å². The highest BCUT2D eigenvalue weighted by Gasteiger charge is 2.43. The number of hydrogen-bond donors (Lipinski definition) is 2. The van der Waals surface area contributed by atoms with E-state index in [9.17, 15) is 10.2 Å². The zero-order chi connectivity index (χ0) is 14.8. The van der Waals surface area contributed by atoms with Crippen LogP contribution >= 0.6 is 0 Å². The molecule has 1 aliphatic rings. The molecule has 2 N–H and O–H groups in total. The molecule has 6 nitrogen and oxygen atoms in total. The van der Waals surface area contributed by atoms with E-state index in [4.69, 9.17) is 19.5 Å². The molecule has 0 aliphatic carbocycles. The Morgan fingerprint density at radius 1 is 1.25 bits per heavy atom. The van der Waals surface area contributed by atoms with Crippen LogP contribution in [0.5, 0.6) is 0 Å². The van der Waals surface area contributed by atoms with Gasteiger partial charge in [0.05, 0.1) is 19.3 Å². The van der Waals surface area contributed by atoms with Crippen molar-refractivity contribution in [2.45, 2.75) is 50.3 Å². The van der Waals surface area contributed by atoms with Crippen LogP contribution in [-0.4, -0.2) is 54.6 Å². The summed E-state index contributed by atoms with van der Waals surface area (Å²) in [4.78, 5) is 0. The second-order valence-electron chi connectivity index (χ2n) is 4.69. The second-order valence-corrected chi connectivity index (χ2v) is 4.69. The molecule has 114 valence electrons. The van der Waals surface area contributed by atoms with E-state index in [0.717, 1.165) is 19.3 Å². The van der Waals surface area contributed by atoms with Gasteiger partial charge < -0.3 is 24.4 Å². The maximum Gasteiger partial charge on any atom is 0.187 e. The summed E-state index contributed by atoms with van der Waals surface area (Å²) >= 11 is 0. The van der Waals surface area contributed by atoms with Gasteiger partial charge in [-0.2, -0.15) is 5.26 Å². The molecule has 1 rings (SSSR count). The lowest BCUT2D eigenvalue weighted by atomic mass is 10.1. The van der Waals surface area contributed by atoms with Crippen LogP contribution < -0.4 is 0 Å². The molecule has 0 radical (unpaired) electrons. The highest BCUT2D eigenvalue weighted by Crippen LogP contribution is 2.22. The van der Waals surface area contributed by atoms with Gasteiger partial charge in [0, 0.05) is 13.0 Å². The normalized spacial score (nSPS) is 29.2. The first-order valence-electron chi connectivity index (χ1n) is 6.89. The van der Waals surface area contributed by atoms with Gasteiger partial charge in [-0.1, -0.05) is 12.5 Å². The minimum absolute atomic E-state index is 0.213. The first kappa shape index (κ1) is 17.1. The Labute approximate surface area is 119 Å². The lowest BCUT2D eigenvalue weighted by molar-refractivity contribution is -0.165. The summed E-state index contributed by atoms with van der Waals surface area (Å²) in [6, 6.07) is 2.09. The topological polar surface area (TPSA) is 91.9 Å². The quantitative estimate of drug-likeness (QED) is 0.454. The SMILES string of the molecule is C=CCOC1OC(COCCCCCC#N)C(O)C1O. The summed E-state index contributed by atoms with van der Waals surface area (Å²) in [6.45, 7) is 4.52. The van der Waals surface area contributed by atoms with Crippen LogP contribution in [0.2, 0.25) is 0 Å². The van der Waals surface area contributed by atoms with Crippen LogP contribution in [-0.2, 0) is 14.2 Å². The standard InChI is InChI=1S/C14H23NO5/c1-2-8-19-14-13(17)12(16)11(20-14)10-18-9-6-4-3-5-7-15/h2,11-14,16-17H,1,3-6,8-10H2. The monoisotopic (exact) mass is 285 g/mol. The largest absolute Gasteiger partial charge is 0.387 e. The number of ether oxygens (including phenoxy) is 3. The van der Waals surface area contributed by atoms with Crippen molar-refractivity contribution in [2.75, 3.05) is 19.8 Å². The Balaban J connectivity index is 2.14. The van der Waals surface area contributed by atoms with Gasteiger partial charge in [0.1, 0.15) is 18.3 Å². The molecule has 6 heteroatoms. The fourth-order valence-electron chi connectivity index (χ4n) is 1.94. The number of aliphatic hydroxyl groups is 2. The summed E-state index contributed by atoms with van der Waals surface area (Å²) in [5.41, 5.74) is 0. The maximum absolute atomic E-state index is 9.80. The lowest BCUT2D eigenvalue weighted by Gasteiger charge is -2.14. The Kier molecular flexibility index (Phi) is 8.42. The third-order valence-electron chi connectivity index (χ3n) is 3.06. The van der Waals surface area contributed by atoms with Crippen molar-refractivity contribution in [3.8, 4) is 6.07 Å². The number of nitriles is 1. The highest BCUT2D eigenvalue weighted by atomic mass is 16.7. The van der Waals surface area contributed by atoms with Crippen LogP contribution in [0.4, 0.5) is 0 Å². The molecule has 0 aromatic heterocycles. The summed E-state index contributed by atoms with van der Waals surface area (Å²) in [5.74, 6) is 0. The Bertz CT molecular complexity index is 317. The third kappa shape index (κ3) is 5.57. The van der Waals surface area contributed by atoms with Crippen LogP contribution in [0.25, 0.3) is 0 Å². The van der Waals surface area contributed by atoms with E-state index in [0.29, 0.717) is 13.0 Å². The average molecular weight is 285 g/mol. The van der Waals surface area contributed by atoms with E-state index >= 15 is 0 Å². The van der Waals surface area contributed by atoms with Gasteiger partial charge in [0.25, 0.3) is 0 Å². The molecule has 1 heterocycles. The van der Waals surface area contributed by atoms with Gasteiger partial charge in [-0.25, -0.2) is 0 Å². The minimum atomic E-state index is -1.07. The molecule has 1 aliphatic heterocycles. The maximum atomic E-state index is 9.80. The molecule has 20 heavy (non-hydrogen) atoms. The summed E-state index contributed by atoms with van der Waals surface area (Å²) < 4.78 is 16.0. The van der Waals surface area contributed by atoms with Crippen molar-refractivity contribution in [2.24, 2.45) is 0 Å². The molecule has 0 amide bonds. The molecule has 0 spiro atoms. The summed E-state index contributed by atoms with van der Waals surface area (Å²) in [5, 5.41) is 27.9. The third-order valence-corrected chi connectivity index (χ3v) is 3.06. The fourth-order valence-corrected chi connectivity index (χ4v) is 1.94. The van der Waals surface area contributed by atoms with Gasteiger partial charge in [0.2, 0.25) is 0 Å². The molecule has 0 saturated carbocycles. The highest BCUT2D eigenvalue weighted by molar-refractivity contribution is 4.87. The first-order chi connectivity index (χ1) is 9.70. The van der Waals surface area contributed by atoms with Gasteiger partial charge in [0.15, 0.2) is 6.29 Å². The van der Waals surface area contributed by atoms with Gasteiger partial charge in [-0.15, -0.1) is 6.58 Å². The second kappa shape index (κ2) is 9.86. The van der Waals surface area contributed by atoms with Crippen molar-refractivity contribution >= 4 is 0 Å². The van der Waals surface area contributed by atoms with Crippen molar-refractivity contribution in [1.29, 1.82) is 5.26 Å². The Morgan fingerprint density at radius 3 is 2.75 bits per heavy atom. The fraction of sp³-hybridized carbons (Fsp3) is 0.786. The summed E-state index contributed by atoms with van der Waals surface area (Å²) in [7, 11) is 0. The van der Waals surface area contributed by atoms with Crippen molar-refractivity contribution in [3.05, 3.63) is 12.7 Å². The van der Waals surface area contributed by atoms with E-state index in [1.807, 2.05) is 0 Å². The Morgan fingerprint density at radius 2 is 2.05 bits per heavy atom. The average Bonchev–Trinajstić information content (AvgIpc) is 2.72. The zero-order valence-corrected chi connectivity index (χ0v) is 11.6. The van der Waals surface area contributed by atoms with Crippen LogP contribution in [0.1, 0.15) is 25.7 Å². The molecule has 1 fully saturated rings. The number of hydrogen-bond acceptors (Lipinski definition) is 6. The predicted octanol–water partition coefficient (Wildman–Crippen LogP) is 0.736. The Hall–Kier alpha value is -0.970. The molecule has 0 bridgehead atoms. The van der Waals surface area contributed by atoms with E-state index in [1.54, 1.807) is 6.08 Å². The number of rotatable bonds is 10. The van der Waals surface area contributed by atoms with Crippen LogP contribution in [0, 0.1) is 11.3 Å². The van der Waals surface area contributed by atoms with Gasteiger partial charge >= 0.3 is 0 Å². The van der Waals surface area contributed by atoms with E-state index < -0.39 is 24.6 Å². The van der Waals surface area contributed by atoms with E-state index in [2.05, 4.69) is 12.6 Å². The first-order valence-corrected chi connectivity index (χ1v) is 6.89. The molecule has 4 atom stereocenters. The molecule has 0 aromatic carbocycles. The van der Waals surface area contributed by atoms with Crippen molar-refractivity contribution < 1.29 is 24.4 Å². The van der Waals surface area contributed by atoms with Gasteiger partial charge in [-0.05, 0) is 12.8 Å². The summed E-state index contributed by atoms with van der Waals surface area (Å²) in [6.07, 6.45) is 1.29. The minimum Gasteiger partial charge on any atom is -0.387 e.